The maximum absolute atomic E-state index is 13.3. The van der Waals surface area contributed by atoms with Gasteiger partial charge in [0.05, 0.1) is 12.3 Å². The van der Waals surface area contributed by atoms with E-state index in [0.717, 1.165) is 56.7 Å². The van der Waals surface area contributed by atoms with E-state index < -0.39 is 11.9 Å². The molecule has 10 heteroatoms. The summed E-state index contributed by atoms with van der Waals surface area (Å²) < 4.78 is 39.9. The van der Waals surface area contributed by atoms with Gasteiger partial charge in [-0.05, 0) is 56.1 Å². The lowest BCUT2D eigenvalue weighted by molar-refractivity contribution is -0.143. The Labute approximate surface area is 189 Å². The number of alkyl halides is 3. The number of nitrogens with two attached hydrogens (primary N) is 1. The fraction of sp³-hybridized carbons (Fsp3) is 0.591. The number of aliphatic hydroxyl groups is 1. The summed E-state index contributed by atoms with van der Waals surface area (Å²) in [5, 5.41) is 10.3. The second-order valence-corrected chi connectivity index (χ2v) is 9.91. The molecule has 3 heterocycles. The number of hydrogen-bond acceptors (Lipinski definition) is 7. The third-order valence-electron chi connectivity index (χ3n) is 6.95. The summed E-state index contributed by atoms with van der Waals surface area (Å²) in [6.07, 6.45) is 0.780. The Hall–Kier alpha value is -1.91. The Morgan fingerprint density at radius 2 is 1.97 bits per heavy atom. The smallest absolute Gasteiger partial charge is 0.390 e. The molecule has 0 unspecified atom stereocenters. The fourth-order valence-corrected chi connectivity index (χ4v) is 5.95. The Morgan fingerprint density at radius 3 is 2.56 bits per heavy atom. The first-order chi connectivity index (χ1) is 15.1. The average molecular weight is 468 g/mol. The van der Waals surface area contributed by atoms with Gasteiger partial charge in [0.1, 0.15) is 10.7 Å². The van der Waals surface area contributed by atoms with Crippen molar-refractivity contribution in [3.63, 3.8) is 0 Å². The van der Waals surface area contributed by atoms with Gasteiger partial charge in [-0.15, -0.1) is 0 Å². The van der Waals surface area contributed by atoms with Gasteiger partial charge in [-0.2, -0.15) is 13.2 Å². The minimum atomic E-state index is -4.56. The largest absolute Gasteiger partial charge is 0.434 e. The number of aliphatic hydroxyl groups excluding tert-OH is 1. The number of hydrogen-bond donors (Lipinski definition) is 2. The lowest BCUT2D eigenvalue weighted by Gasteiger charge is -2.43. The van der Waals surface area contributed by atoms with E-state index in [1.54, 1.807) is 6.92 Å². The lowest BCUT2D eigenvalue weighted by atomic mass is 9.73. The predicted octanol–water partition coefficient (Wildman–Crippen LogP) is 4.19. The topological polar surface area (TPSA) is 88.2 Å². The molecule has 1 spiro atoms. The van der Waals surface area contributed by atoms with Gasteiger partial charge in [0, 0.05) is 30.2 Å². The van der Waals surface area contributed by atoms with E-state index in [1.165, 1.54) is 12.1 Å². The van der Waals surface area contributed by atoms with Gasteiger partial charge in [-0.25, -0.2) is 9.97 Å². The monoisotopic (exact) mass is 467 g/mol. The van der Waals surface area contributed by atoms with Crippen molar-refractivity contribution in [3.8, 4) is 0 Å². The number of anilines is 1. The molecule has 174 valence electrons. The molecule has 0 bridgehead atoms. The lowest BCUT2D eigenvalue weighted by Crippen LogP contribution is -2.48. The van der Waals surface area contributed by atoms with Crippen LogP contribution < -0.4 is 10.6 Å². The molecule has 1 aliphatic carbocycles. The normalized spacial score (nSPS) is 23.2. The van der Waals surface area contributed by atoms with Gasteiger partial charge >= 0.3 is 6.18 Å². The molecular weight excluding hydrogens is 439 g/mol. The fourth-order valence-electron chi connectivity index (χ4n) is 4.98. The first kappa shape index (κ1) is 23.3. The molecule has 4 rings (SSSR count). The van der Waals surface area contributed by atoms with Crippen molar-refractivity contribution >= 4 is 17.6 Å². The Bertz CT molecular complexity index is 979. The Balaban J connectivity index is 1.57. The van der Waals surface area contributed by atoms with E-state index >= 15 is 0 Å². The molecule has 3 N–H and O–H groups in total. The minimum absolute atomic E-state index is 0.0432. The third kappa shape index (κ3) is 4.32. The highest BCUT2D eigenvalue weighted by atomic mass is 32.2. The second kappa shape index (κ2) is 8.79. The SMILES string of the molecule is Cc1nc(N2CCC3(CC[C@@H](C)[C@H]3N)CC2)c(CO)nc1Sc1cccnc1C(F)(F)F. The third-order valence-corrected chi connectivity index (χ3v) is 8.08. The predicted molar refractivity (Wildman–Crippen MR) is 116 cm³/mol. The Kier molecular flexibility index (Phi) is 6.39. The molecule has 0 aromatic carbocycles. The van der Waals surface area contributed by atoms with Gasteiger partial charge in [-0.1, -0.05) is 18.7 Å². The van der Waals surface area contributed by atoms with Crippen LogP contribution in [0.5, 0.6) is 0 Å². The average Bonchev–Trinajstić information content (AvgIpc) is 3.04. The summed E-state index contributed by atoms with van der Waals surface area (Å²) in [4.78, 5) is 14.7. The van der Waals surface area contributed by atoms with Crippen LogP contribution >= 0.6 is 11.8 Å². The summed E-state index contributed by atoms with van der Waals surface area (Å²) in [6, 6.07) is 3.03. The quantitative estimate of drug-likeness (QED) is 0.697. The Morgan fingerprint density at radius 1 is 1.25 bits per heavy atom. The van der Waals surface area contributed by atoms with Gasteiger partial charge in [-0.3, -0.25) is 4.98 Å². The van der Waals surface area contributed by atoms with Gasteiger partial charge in [0.15, 0.2) is 11.5 Å². The molecule has 2 aromatic rings. The van der Waals surface area contributed by atoms with Crippen molar-refractivity contribution in [1.29, 1.82) is 0 Å². The van der Waals surface area contributed by atoms with Crippen LogP contribution in [0.3, 0.4) is 0 Å². The minimum Gasteiger partial charge on any atom is -0.390 e. The maximum Gasteiger partial charge on any atom is 0.434 e. The van der Waals surface area contributed by atoms with Crippen molar-refractivity contribution in [3.05, 3.63) is 35.4 Å². The van der Waals surface area contributed by atoms with E-state index in [9.17, 15) is 18.3 Å². The number of nitrogens with zero attached hydrogens (tertiary/aromatic N) is 4. The van der Waals surface area contributed by atoms with Crippen LogP contribution in [0.2, 0.25) is 0 Å². The van der Waals surface area contributed by atoms with E-state index in [-0.39, 0.29) is 23.0 Å². The van der Waals surface area contributed by atoms with Gasteiger partial charge in [0.25, 0.3) is 0 Å². The standard InChI is InChI=1S/C22H28F3N5OS/c1-13-5-6-21(17(13)26)7-10-30(11-8-21)19-15(12-31)29-20(14(2)28-19)32-16-4-3-9-27-18(16)22(23,24)25/h3-4,9,13,17,31H,5-8,10-12,26H2,1-2H3/t13-,17-/m1/s1. The zero-order valence-electron chi connectivity index (χ0n) is 18.2. The van der Waals surface area contributed by atoms with Crippen molar-refractivity contribution in [2.24, 2.45) is 17.1 Å². The maximum atomic E-state index is 13.3. The van der Waals surface area contributed by atoms with E-state index in [4.69, 9.17) is 5.73 Å². The molecule has 1 saturated heterocycles. The molecular formula is C22H28F3N5OS. The summed E-state index contributed by atoms with van der Waals surface area (Å²) in [5.74, 6) is 1.13. The van der Waals surface area contributed by atoms with Crippen molar-refractivity contribution in [2.75, 3.05) is 18.0 Å². The molecule has 2 aromatic heterocycles. The molecule has 32 heavy (non-hydrogen) atoms. The first-order valence-corrected chi connectivity index (χ1v) is 11.7. The molecule has 0 amide bonds. The van der Waals surface area contributed by atoms with Crippen LogP contribution in [0.4, 0.5) is 19.0 Å². The highest BCUT2D eigenvalue weighted by Crippen LogP contribution is 2.48. The van der Waals surface area contributed by atoms with Crippen molar-refractivity contribution in [1.82, 2.24) is 15.0 Å². The summed E-state index contributed by atoms with van der Waals surface area (Å²) in [6.45, 7) is 5.15. The van der Waals surface area contributed by atoms with Crippen LogP contribution in [-0.2, 0) is 12.8 Å². The van der Waals surface area contributed by atoms with Crippen LogP contribution in [0.15, 0.2) is 28.3 Å². The number of aromatic nitrogens is 3. The van der Waals surface area contributed by atoms with E-state index in [1.807, 2.05) is 0 Å². The highest BCUT2D eigenvalue weighted by Gasteiger charge is 2.46. The summed E-state index contributed by atoms with van der Waals surface area (Å²) in [7, 11) is 0. The van der Waals surface area contributed by atoms with Crippen molar-refractivity contribution in [2.45, 2.75) is 68.3 Å². The molecule has 6 nitrogen and oxygen atoms in total. The molecule has 2 aliphatic rings. The first-order valence-electron chi connectivity index (χ1n) is 10.8. The van der Waals surface area contributed by atoms with Crippen LogP contribution in [0.25, 0.3) is 0 Å². The number of piperidine rings is 1. The van der Waals surface area contributed by atoms with Crippen molar-refractivity contribution < 1.29 is 18.3 Å². The van der Waals surface area contributed by atoms with Crippen LogP contribution in [0.1, 0.15) is 49.7 Å². The second-order valence-electron chi connectivity index (χ2n) is 8.88. The van der Waals surface area contributed by atoms with Crippen LogP contribution in [-0.4, -0.2) is 39.2 Å². The zero-order valence-corrected chi connectivity index (χ0v) is 19.0. The summed E-state index contributed by atoms with van der Waals surface area (Å²) >= 11 is 0.866. The number of pyridine rings is 1. The number of aryl methyl sites for hydroxylation is 1. The van der Waals surface area contributed by atoms with E-state index in [2.05, 4.69) is 26.8 Å². The van der Waals surface area contributed by atoms with E-state index in [0.29, 0.717) is 28.1 Å². The molecule has 2 atom stereocenters. The highest BCUT2D eigenvalue weighted by molar-refractivity contribution is 7.99. The van der Waals surface area contributed by atoms with Gasteiger partial charge in [0.2, 0.25) is 0 Å². The van der Waals surface area contributed by atoms with Crippen LogP contribution in [0, 0.1) is 18.3 Å². The zero-order chi connectivity index (χ0) is 23.1. The molecule has 1 saturated carbocycles. The van der Waals surface area contributed by atoms with Gasteiger partial charge < -0.3 is 15.7 Å². The number of rotatable bonds is 4. The molecule has 0 radical (unpaired) electrons. The molecule has 2 fully saturated rings. The number of halogens is 3. The summed E-state index contributed by atoms with van der Waals surface area (Å²) in [5.41, 5.74) is 6.62. The molecule has 1 aliphatic heterocycles.